The lowest BCUT2D eigenvalue weighted by molar-refractivity contribution is 0.0594. The largest absolute Gasteiger partial charge is 0.464 e. The van der Waals surface area contributed by atoms with Crippen LogP contribution in [-0.4, -0.2) is 32.6 Å². The van der Waals surface area contributed by atoms with Gasteiger partial charge in [0.2, 0.25) is 0 Å². The lowest BCUT2D eigenvalue weighted by atomic mass is 10.2. The first kappa shape index (κ1) is 15.7. The Labute approximate surface area is 142 Å². The minimum absolute atomic E-state index is 0.218. The van der Waals surface area contributed by atoms with Crippen molar-refractivity contribution >= 4 is 40.3 Å². The van der Waals surface area contributed by atoms with Gasteiger partial charge in [-0.05, 0) is 25.1 Å². The first-order valence-electron chi connectivity index (χ1n) is 6.71. The van der Waals surface area contributed by atoms with E-state index in [4.69, 9.17) is 23.2 Å². The highest BCUT2D eigenvalue weighted by atomic mass is 35.5. The second kappa shape index (κ2) is 6.14. The molecule has 0 N–H and O–H groups in total. The highest BCUT2D eigenvalue weighted by Crippen LogP contribution is 2.22. The number of carbonyl (C=O) groups excluding carboxylic acids is 1. The molecule has 0 aromatic carbocycles. The molecule has 0 unspecified atom stereocenters. The van der Waals surface area contributed by atoms with Crippen molar-refractivity contribution in [3.8, 4) is 0 Å². The van der Waals surface area contributed by atoms with Gasteiger partial charge in [0.25, 0.3) is 0 Å². The molecule has 0 saturated heterocycles. The molecule has 3 aromatic rings. The molecule has 0 aliphatic carbocycles. The van der Waals surface area contributed by atoms with Crippen molar-refractivity contribution in [3.05, 3.63) is 51.7 Å². The Morgan fingerprint density at radius 1 is 1.30 bits per heavy atom. The van der Waals surface area contributed by atoms with Crippen LogP contribution in [0.1, 0.15) is 21.9 Å². The van der Waals surface area contributed by atoms with Crippen LogP contribution in [-0.2, 0) is 11.3 Å². The summed E-state index contributed by atoms with van der Waals surface area (Å²) in [4.78, 5) is 24.2. The van der Waals surface area contributed by atoms with E-state index in [2.05, 4.69) is 19.7 Å². The number of ether oxygens (including phenoxy) is 1. The number of halogens is 2. The lowest BCUT2D eigenvalue weighted by Gasteiger charge is -2.08. The van der Waals surface area contributed by atoms with Crippen LogP contribution in [0.2, 0.25) is 10.2 Å². The van der Waals surface area contributed by atoms with E-state index in [0.717, 1.165) is 16.9 Å². The van der Waals surface area contributed by atoms with Crippen LogP contribution in [0, 0.1) is 6.92 Å². The van der Waals surface area contributed by atoms with E-state index in [1.54, 1.807) is 24.4 Å². The van der Waals surface area contributed by atoms with Gasteiger partial charge in [0, 0.05) is 11.8 Å². The first-order chi connectivity index (χ1) is 11.0. The maximum atomic E-state index is 11.6. The van der Waals surface area contributed by atoms with Crippen molar-refractivity contribution in [2.45, 2.75) is 13.5 Å². The molecule has 23 heavy (non-hydrogen) atoms. The summed E-state index contributed by atoms with van der Waals surface area (Å²) in [5.74, 6) is 0.254. The maximum Gasteiger partial charge on any atom is 0.356 e. The van der Waals surface area contributed by atoms with Crippen LogP contribution in [0.15, 0.2) is 24.4 Å². The Morgan fingerprint density at radius 2 is 2.09 bits per heavy atom. The number of hydrogen-bond acceptors (Lipinski definition) is 5. The van der Waals surface area contributed by atoms with Crippen molar-refractivity contribution in [3.63, 3.8) is 0 Å². The second-order valence-corrected chi connectivity index (χ2v) is 5.67. The van der Waals surface area contributed by atoms with E-state index in [-0.39, 0.29) is 5.69 Å². The van der Waals surface area contributed by atoms with Crippen molar-refractivity contribution < 1.29 is 9.53 Å². The number of pyridine rings is 2. The molecular formula is C15H12Cl2N4O2. The van der Waals surface area contributed by atoms with Crippen LogP contribution in [0.25, 0.3) is 11.2 Å². The summed E-state index contributed by atoms with van der Waals surface area (Å²) >= 11 is 12.0. The Kier molecular flexibility index (Phi) is 4.19. The fourth-order valence-electron chi connectivity index (χ4n) is 2.26. The molecule has 0 bridgehead atoms. The van der Waals surface area contributed by atoms with Gasteiger partial charge in [0.15, 0.2) is 11.3 Å². The highest BCUT2D eigenvalue weighted by Gasteiger charge is 2.14. The second-order valence-electron chi connectivity index (χ2n) is 4.87. The van der Waals surface area contributed by atoms with Gasteiger partial charge < -0.3 is 9.30 Å². The van der Waals surface area contributed by atoms with Gasteiger partial charge in [0.05, 0.1) is 24.2 Å². The van der Waals surface area contributed by atoms with Crippen molar-refractivity contribution in [2.75, 3.05) is 7.11 Å². The van der Waals surface area contributed by atoms with Crippen LogP contribution in [0.5, 0.6) is 0 Å². The fraction of sp³-hybridized carbons (Fsp3) is 0.200. The molecule has 6 nitrogen and oxygen atoms in total. The summed E-state index contributed by atoms with van der Waals surface area (Å²) in [6, 6.07) is 4.99. The molecule has 3 aromatic heterocycles. The van der Waals surface area contributed by atoms with Gasteiger partial charge in [-0.25, -0.2) is 19.7 Å². The molecule has 0 radical (unpaired) electrons. The molecule has 3 heterocycles. The van der Waals surface area contributed by atoms with E-state index >= 15 is 0 Å². The predicted molar refractivity (Wildman–Crippen MR) is 87.0 cm³/mol. The number of aryl methyl sites for hydroxylation is 1. The molecule has 118 valence electrons. The minimum Gasteiger partial charge on any atom is -0.464 e. The van der Waals surface area contributed by atoms with E-state index in [9.17, 15) is 4.79 Å². The molecule has 0 spiro atoms. The summed E-state index contributed by atoms with van der Waals surface area (Å²) < 4.78 is 6.62. The average Bonchev–Trinajstić information content (AvgIpc) is 2.84. The van der Waals surface area contributed by atoms with Gasteiger partial charge in [-0.2, -0.15) is 0 Å². The zero-order chi connectivity index (χ0) is 16.6. The summed E-state index contributed by atoms with van der Waals surface area (Å²) in [6.45, 7) is 2.33. The normalized spacial score (nSPS) is 11.0. The third kappa shape index (κ3) is 3.00. The number of fused-ring (bicyclic) bond motifs is 1. The first-order valence-corrected chi connectivity index (χ1v) is 7.47. The third-order valence-corrected chi connectivity index (χ3v) is 3.98. The smallest absolute Gasteiger partial charge is 0.356 e. The SMILES string of the molecule is COC(=O)c1ccc2c(n1)nc(C)n2Cc1cnc(Cl)cc1Cl. The number of rotatable bonds is 3. The summed E-state index contributed by atoms with van der Waals surface area (Å²) in [6.07, 6.45) is 1.63. The van der Waals surface area contributed by atoms with Crippen molar-refractivity contribution in [1.82, 2.24) is 19.5 Å². The number of carbonyl (C=O) groups is 1. The molecule has 0 aliphatic heterocycles. The number of methoxy groups -OCH3 is 1. The monoisotopic (exact) mass is 350 g/mol. The summed E-state index contributed by atoms with van der Waals surface area (Å²) in [7, 11) is 1.31. The molecule has 0 fully saturated rings. The Hall–Kier alpha value is -2.18. The van der Waals surface area contributed by atoms with E-state index in [0.29, 0.717) is 22.4 Å². The topological polar surface area (TPSA) is 69.9 Å². The minimum atomic E-state index is -0.496. The zero-order valence-electron chi connectivity index (χ0n) is 12.4. The van der Waals surface area contributed by atoms with Crippen molar-refractivity contribution in [2.24, 2.45) is 0 Å². The number of imidazole rings is 1. The van der Waals surface area contributed by atoms with E-state index in [1.807, 2.05) is 11.5 Å². The standard InChI is InChI=1S/C15H12Cl2N4O2/c1-8-19-14-12(4-3-11(20-14)15(22)23-2)21(8)7-9-6-18-13(17)5-10(9)16/h3-6H,7H2,1-2H3. The summed E-state index contributed by atoms with van der Waals surface area (Å²) in [5.41, 5.74) is 2.30. The molecular weight excluding hydrogens is 339 g/mol. The van der Waals surface area contributed by atoms with Crippen molar-refractivity contribution in [1.29, 1.82) is 0 Å². The highest BCUT2D eigenvalue weighted by molar-refractivity contribution is 6.34. The van der Waals surface area contributed by atoms with Gasteiger partial charge in [0.1, 0.15) is 11.0 Å². The molecule has 0 atom stereocenters. The molecule has 3 rings (SSSR count). The fourth-order valence-corrected chi connectivity index (χ4v) is 2.69. The third-order valence-electron chi connectivity index (χ3n) is 3.42. The lowest BCUT2D eigenvalue weighted by Crippen LogP contribution is -2.05. The van der Waals surface area contributed by atoms with Gasteiger partial charge in [-0.15, -0.1) is 0 Å². The van der Waals surface area contributed by atoms with Gasteiger partial charge in [-0.3, -0.25) is 0 Å². The average molecular weight is 351 g/mol. The molecule has 0 amide bonds. The van der Waals surface area contributed by atoms with E-state index < -0.39 is 5.97 Å². The number of aromatic nitrogens is 4. The van der Waals surface area contributed by atoms with Crippen LogP contribution >= 0.6 is 23.2 Å². The van der Waals surface area contributed by atoms with Crippen LogP contribution in [0.3, 0.4) is 0 Å². The van der Waals surface area contributed by atoms with Gasteiger partial charge >= 0.3 is 5.97 Å². The predicted octanol–water partition coefficient (Wildman–Crippen LogP) is 3.28. The Morgan fingerprint density at radius 3 is 2.78 bits per heavy atom. The molecule has 0 aliphatic rings. The Balaban J connectivity index is 2.04. The Bertz CT molecular complexity index is 908. The number of esters is 1. The number of nitrogens with zero attached hydrogens (tertiary/aromatic N) is 4. The van der Waals surface area contributed by atoms with Gasteiger partial charge in [-0.1, -0.05) is 23.2 Å². The molecule has 8 heteroatoms. The molecule has 0 saturated carbocycles. The zero-order valence-corrected chi connectivity index (χ0v) is 13.9. The van der Waals surface area contributed by atoms with Crippen LogP contribution in [0.4, 0.5) is 0 Å². The maximum absolute atomic E-state index is 11.6. The summed E-state index contributed by atoms with van der Waals surface area (Å²) in [5, 5.41) is 0.876. The van der Waals surface area contributed by atoms with Crippen LogP contribution < -0.4 is 0 Å². The quantitative estimate of drug-likeness (QED) is 0.535. The van der Waals surface area contributed by atoms with E-state index in [1.165, 1.54) is 7.11 Å². The number of hydrogen-bond donors (Lipinski definition) is 0.